The summed E-state index contributed by atoms with van der Waals surface area (Å²) >= 11 is 1.64. The summed E-state index contributed by atoms with van der Waals surface area (Å²) in [4.78, 5) is 9.77. The van der Waals surface area contributed by atoms with Crippen molar-refractivity contribution in [1.29, 1.82) is 0 Å². The number of para-hydroxylation sites is 1. The van der Waals surface area contributed by atoms with E-state index in [4.69, 9.17) is 0 Å². The third kappa shape index (κ3) is 2.24. The van der Waals surface area contributed by atoms with Crippen LogP contribution in [0.1, 0.15) is 0 Å². The molecule has 3 nitrogen and oxygen atoms in total. The van der Waals surface area contributed by atoms with Gasteiger partial charge < -0.3 is 0 Å². The molecule has 2 aromatic rings. The lowest BCUT2D eigenvalue weighted by Crippen LogP contribution is -1.92. The molecular weight excluding hydrogens is 265 g/mol. The molecule has 0 spiro atoms. The largest absolute Gasteiger partial charge is 0.285 e. The van der Waals surface area contributed by atoms with Crippen molar-refractivity contribution in [2.45, 2.75) is 10.1 Å². The molecule has 0 amide bonds. The van der Waals surface area contributed by atoms with Crippen molar-refractivity contribution in [3.63, 3.8) is 0 Å². The van der Waals surface area contributed by atoms with Gasteiger partial charge in [0.2, 0.25) is 0 Å². The van der Waals surface area contributed by atoms with E-state index in [1.165, 1.54) is 0 Å². The molecule has 0 bridgehead atoms. The Balaban J connectivity index is 0.000000640. The number of benzene rings is 1. The highest BCUT2D eigenvalue weighted by Crippen LogP contribution is 2.35. The Kier molecular flexibility index (Phi) is 4.41. The van der Waals surface area contributed by atoms with E-state index >= 15 is 0 Å². The summed E-state index contributed by atoms with van der Waals surface area (Å²) in [7, 11) is 0. The van der Waals surface area contributed by atoms with Gasteiger partial charge in [-0.15, -0.1) is 24.8 Å². The molecule has 6 heteroatoms. The Morgan fingerprint density at radius 3 is 2.81 bits per heavy atom. The molecule has 0 aliphatic carbocycles. The van der Waals surface area contributed by atoms with Crippen LogP contribution in [0.4, 0.5) is 5.69 Å². The van der Waals surface area contributed by atoms with Crippen LogP contribution >= 0.6 is 36.6 Å². The van der Waals surface area contributed by atoms with E-state index in [2.05, 4.69) is 16.0 Å². The first-order chi connectivity index (χ1) is 6.93. The van der Waals surface area contributed by atoms with Gasteiger partial charge in [-0.1, -0.05) is 12.1 Å². The zero-order valence-corrected chi connectivity index (χ0v) is 10.6. The van der Waals surface area contributed by atoms with Gasteiger partial charge in [-0.25, -0.2) is 9.98 Å². The van der Waals surface area contributed by atoms with Crippen LogP contribution in [0.2, 0.25) is 0 Å². The molecule has 0 atom stereocenters. The van der Waals surface area contributed by atoms with Crippen LogP contribution in [0.15, 0.2) is 51.7 Å². The molecular formula is C10H9Cl2N3S. The van der Waals surface area contributed by atoms with Crippen molar-refractivity contribution in [3.8, 4) is 0 Å². The van der Waals surface area contributed by atoms with E-state index in [1.807, 2.05) is 29.0 Å². The molecule has 0 N–H and O–H groups in total. The average molecular weight is 274 g/mol. The van der Waals surface area contributed by atoms with Crippen LogP contribution in [0, 0.1) is 0 Å². The number of aliphatic imine (C=N–C) groups is 1. The standard InChI is InChI=1S/C10H7N3S.2ClH/c1-2-4-9-8(3-1)12-7-13-6-5-11-10(13)14-9;;/h1-7H;2*1H. The fourth-order valence-corrected chi connectivity index (χ4v) is 2.23. The van der Waals surface area contributed by atoms with Gasteiger partial charge in [0.1, 0.15) is 6.34 Å². The molecule has 1 aliphatic rings. The maximum Gasteiger partial charge on any atom is 0.178 e. The van der Waals surface area contributed by atoms with Gasteiger partial charge >= 0.3 is 0 Å². The molecule has 16 heavy (non-hydrogen) atoms. The first kappa shape index (κ1) is 13.1. The monoisotopic (exact) mass is 273 g/mol. The maximum absolute atomic E-state index is 4.38. The second-order valence-electron chi connectivity index (χ2n) is 2.93. The Morgan fingerprint density at radius 2 is 1.94 bits per heavy atom. The zero-order valence-electron chi connectivity index (χ0n) is 8.11. The molecule has 0 fully saturated rings. The summed E-state index contributed by atoms with van der Waals surface area (Å²) in [6.45, 7) is 0. The number of rotatable bonds is 0. The van der Waals surface area contributed by atoms with Crippen LogP contribution in [0.25, 0.3) is 0 Å². The van der Waals surface area contributed by atoms with Crippen molar-refractivity contribution in [3.05, 3.63) is 36.7 Å². The van der Waals surface area contributed by atoms with Gasteiger partial charge in [0, 0.05) is 17.3 Å². The quantitative estimate of drug-likeness (QED) is 0.629. The number of hydrogen-bond donors (Lipinski definition) is 0. The average Bonchev–Trinajstić information content (AvgIpc) is 2.58. The van der Waals surface area contributed by atoms with E-state index in [0.29, 0.717) is 0 Å². The van der Waals surface area contributed by atoms with Gasteiger partial charge in [0.05, 0.1) is 5.69 Å². The Bertz CT molecular complexity index is 510. The minimum atomic E-state index is 0. The lowest BCUT2D eigenvalue weighted by Gasteiger charge is -1.99. The molecule has 0 radical (unpaired) electrons. The van der Waals surface area contributed by atoms with Gasteiger partial charge in [0.25, 0.3) is 0 Å². The van der Waals surface area contributed by atoms with Crippen molar-refractivity contribution < 1.29 is 0 Å². The number of aromatic nitrogens is 2. The Morgan fingerprint density at radius 1 is 1.12 bits per heavy atom. The highest BCUT2D eigenvalue weighted by molar-refractivity contribution is 7.99. The fraction of sp³-hybridized carbons (Fsp3) is 0. The predicted octanol–water partition coefficient (Wildman–Crippen LogP) is 3.40. The van der Waals surface area contributed by atoms with Crippen LogP contribution in [0.3, 0.4) is 0 Å². The van der Waals surface area contributed by atoms with Crippen LogP contribution in [-0.4, -0.2) is 15.9 Å². The summed E-state index contributed by atoms with van der Waals surface area (Å²) in [5.74, 6) is 0. The molecule has 1 aromatic heterocycles. The normalized spacial score (nSPS) is 11.5. The SMILES string of the molecule is C1=Nc2ccccc2Sc2nccn21.Cl.Cl. The number of halogens is 2. The van der Waals surface area contributed by atoms with E-state index < -0.39 is 0 Å². The topological polar surface area (TPSA) is 30.2 Å². The number of fused-ring (bicyclic) bond motifs is 2. The molecule has 0 saturated heterocycles. The van der Waals surface area contributed by atoms with Crippen LogP contribution in [-0.2, 0) is 0 Å². The lowest BCUT2D eigenvalue weighted by atomic mass is 10.3. The van der Waals surface area contributed by atoms with Gasteiger partial charge in [-0.3, -0.25) is 4.57 Å². The van der Waals surface area contributed by atoms with Gasteiger partial charge in [-0.2, -0.15) is 0 Å². The van der Waals surface area contributed by atoms with Gasteiger partial charge in [0.15, 0.2) is 5.16 Å². The number of nitrogens with zero attached hydrogens (tertiary/aromatic N) is 3. The zero-order chi connectivity index (χ0) is 9.38. The van der Waals surface area contributed by atoms with Crippen LogP contribution < -0.4 is 0 Å². The van der Waals surface area contributed by atoms with Crippen molar-refractivity contribution in [2.24, 2.45) is 4.99 Å². The summed E-state index contributed by atoms with van der Waals surface area (Å²) in [6.07, 6.45) is 5.47. The summed E-state index contributed by atoms with van der Waals surface area (Å²) in [6, 6.07) is 8.07. The van der Waals surface area contributed by atoms with Crippen molar-refractivity contribution >= 4 is 48.6 Å². The molecule has 2 heterocycles. The highest BCUT2D eigenvalue weighted by Gasteiger charge is 2.10. The molecule has 84 valence electrons. The molecule has 0 saturated carbocycles. The minimum absolute atomic E-state index is 0. The van der Waals surface area contributed by atoms with E-state index in [1.54, 1.807) is 24.3 Å². The lowest BCUT2D eigenvalue weighted by molar-refractivity contribution is 0.965. The number of imidazole rings is 1. The second kappa shape index (κ2) is 5.39. The maximum atomic E-state index is 4.38. The van der Waals surface area contributed by atoms with Gasteiger partial charge in [-0.05, 0) is 23.9 Å². The Labute approximate surface area is 110 Å². The Hall–Kier alpha value is -0.970. The predicted molar refractivity (Wildman–Crippen MR) is 70.8 cm³/mol. The summed E-state index contributed by atoms with van der Waals surface area (Å²) in [5, 5.41) is 0.957. The summed E-state index contributed by atoms with van der Waals surface area (Å²) in [5.41, 5.74) is 1.00. The van der Waals surface area contributed by atoms with E-state index in [0.717, 1.165) is 15.7 Å². The van der Waals surface area contributed by atoms with E-state index in [9.17, 15) is 0 Å². The van der Waals surface area contributed by atoms with Crippen molar-refractivity contribution in [2.75, 3.05) is 0 Å². The van der Waals surface area contributed by atoms with Crippen LogP contribution in [0.5, 0.6) is 0 Å². The molecule has 1 aliphatic heterocycles. The second-order valence-corrected chi connectivity index (χ2v) is 3.94. The highest BCUT2D eigenvalue weighted by atomic mass is 35.5. The molecule has 1 aromatic carbocycles. The smallest absolute Gasteiger partial charge is 0.178 e. The first-order valence-corrected chi connectivity index (χ1v) is 5.09. The van der Waals surface area contributed by atoms with E-state index in [-0.39, 0.29) is 24.8 Å². The van der Waals surface area contributed by atoms with Crippen molar-refractivity contribution in [1.82, 2.24) is 9.55 Å². The summed E-state index contributed by atoms with van der Waals surface area (Å²) < 4.78 is 1.92. The third-order valence-corrected chi connectivity index (χ3v) is 3.08. The first-order valence-electron chi connectivity index (χ1n) is 4.27. The fourth-order valence-electron chi connectivity index (χ4n) is 1.34. The minimum Gasteiger partial charge on any atom is -0.285 e. The number of hydrogen-bond acceptors (Lipinski definition) is 3. The molecule has 0 unspecified atom stereocenters. The molecule has 3 rings (SSSR count). The third-order valence-electron chi connectivity index (χ3n) is 2.02.